The third-order valence-electron chi connectivity index (χ3n) is 2.78. The van der Waals surface area contributed by atoms with Gasteiger partial charge in [-0.25, -0.2) is 0 Å². The Morgan fingerprint density at radius 2 is 1.95 bits per heavy atom. The zero-order valence-electron chi connectivity index (χ0n) is 10.8. The summed E-state index contributed by atoms with van der Waals surface area (Å²) in [6.07, 6.45) is 0. The molecule has 0 aliphatic carbocycles. The van der Waals surface area contributed by atoms with E-state index in [0.29, 0.717) is 22.9 Å². The number of hydrogen-bond donors (Lipinski definition) is 1. The van der Waals surface area contributed by atoms with Gasteiger partial charge in [0.05, 0.1) is 10.0 Å². The molecule has 2 aromatic carbocycles. The van der Waals surface area contributed by atoms with E-state index in [1.807, 2.05) is 31.2 Å². The van der Waals surface area contributed by atoms with Gasteiger partial charge in [0, 0.05) is 5.02 Å². The third kappa shape index (κ3) is 3.72. The number of halogens is 2. The second kappa shape index (κ2) is 6.57. The summed E-state index contributed by atoms with van der Waals surface area (Å²) in [6, 6.07) is 11.6. The average Bonchev–Trinajstić information content (AvgIpc) is 2.38. The molecule has 20 heavy (non-hydrogen) atoms. The predicted octanol–water partition coefficient (Wildman–Crippen LogP) is 4.62. The molecule has 2 N–H and O–H groups in total. The predicted molar refractivity (Wildman–Crippen MR) is 90.6 cm³/mol. The van der Waals surface area contributed by atoms with Crippen LogP contribution in [0.25, 0.3) is 0 Å². The van der Waals surface area contributed by atoms with E-state index >= 15 is 0 Å². The molecule has 2 nitrogen and oxygen atoms in total. The van der Waals surface area contributed by atoms with Crippen LogP contribution in [0.4, 0.5) is 0 Å². The number of thiocarbonyl (C=S) groups is 1. The first kappa shape index (κ1) is 15.3. The van der Waals surface area contributed by atoms with Gasteiger partial charge in [-0.1, -0.05) is 53.6 Å². The number of aryl methyl sites for hydroxylation is 1. The van der Waals surface area contributed by atoms with E-state index in [0.717, 1.165) is 10.0 Å². The monoisotopic (exact) mass is 369 g/mol. The molecule has 104 valence electrons. The maximum absolute atomic E-state index is 6.00. The molecular formula is C15H13BrClNOS. The molecule has 5 heteroatoms. The molecule has 0 saturated heterocycles. The molecule has 0 aliphatic heterocycles. The zero-order chi connectivity index (χ0) is 14.7. The van der Waals surface area contributed by atoms with Crippen LogP contribution in [0.1, 0.15) is 16.7 Å². The fourth-order valence-electron chi connectivity index (χ4n) is 1.73. The van der Waals surface area contributed by atoms with Crippen molar-refractivity contribution in [3.63, 3.8) is 0 Å². The van der Waals surface area contributed by atoms with Crippen LogP contribution in [-0.4, -0.2) is 4.99 Å². The SMILES string of the molecule is Cc1ccc(COc2c(Br)cc(Cl)cc2C(N)=S)cc1. The minimum absolute atomic E-state index is 0.257. The highest BCUT2D eigenvalue weighted by molar-refractivity contribution is 9.10. The lowest BCUT2D eigenvalue weighted by Gasteiger charge is -2.13. The Kier molecular flexibility index (Phi) is 5.02. The van der Waals surface area contributed by atoms with E-state index in [1.165, 1.54) is 5.56 Å². The summed E-state index contributed by atoms with van der Waals surface area (Å²) < 4.78 is 6.57. The molecule has 0 atom stereocenters. The van der Waals surface area contributed by atoms with E-state index < -0.39 is 0 Å². The summed E-state index contributed by atoms with van der Waals surface area (Å²) in [4.78, 5) is 0.257. The molecule has 2 aromatic rings. The Morgan fingerprint density at radius 3 is 2.55 bits per heavy atom. The number of benzene rings is 2. The van der Waals surface area contributed by atoms with Crippen molar-refractivity contribution in [3.05, 3.63) is 62.6 Å². The van der Waals surface area contributed by atoms with Crippen molar-refractivity contribution in [1.29, 1.82) is 0 Å². The second-order valence-electron chi connectivity index (χ2n) is 4.40. The summed E-state index contributed by atoms with van der Waals surface area (Å²) in [7, 11) is 0. The molecule has 0 radical (unpaired) electrons. The average molecular weight is 371 g/mol. The van der Waals surface area contributed by atoms with Crippen LogP contribution in [0, 0.1) is 6.92 Å². The van der Waals surface area contributed by atoms with Crippen molar-refractivity contribution in [3.8, 4) is 5.75 Å². The Bertz CT molecular complexity index is 643. The molecule has 0 amide bonds. The van der Waals surface area contributed by atoms with E-state index in [4.69, 9.17) is 34.3 Å². The Labute approximate surface area is 137 Å². The minimum atomic E-state index is 0.257. The molecule has 0 unspecified atom stereocenters. The molecular weight excluding hydrogens is 358 g/mol. The molecule has 0 aliphatic rings. The van der Waals surface area contributed by atoms with E-state index in [9.17, 15) is 0 Å². The van der Waals surface area contributed by atoms with Crippen LogP contribution in [0.3, 0.4) is 0 Å². The van der Waals surface area contributed by atoms with E-state index in [2.05, 4.69) is 15.9 Å². The lowest BCUT2D eigenvalue weighted by molar-refractivity contribution is 0.303. The second-order valence-corrected chi connectivity index (χ2v) is 6.13. The first-order chi connectivity index (χ1) is 9.47. The lowest BCUT2D eigenvalue weighted by Crippen LogP contribution is -2.12. The topological polar surface area (TPSA) is 35.2 Å². The molecule has 2 rings (SSSR count). The van der Waals surface area contributed by atoms with Gasteiger partial charge in [-0.3, -0.25) is 0 Å². The van der Waals surface area contributed by atoms with Crippen LogP contribution in [0.15, 0.2) is 40.9 Å². The molecule has 0 heterocycles. The Hall–Kier alpha value is -1.10. The molecule has 0 saturated carbocycles. The van der Waals surface area contributed by atoms with Gasteiger partial charge in [0.1, 0.15) is 17.3 Å². The minimum Gasteiger partial charge on any atom is -0.487 e. The highest BCUT2D eigenvalue weighted by atomic mass is 79.9. The Balaban J connectivity index is 2.24. The summed E-state index contributed by atoms with van der Waals surface area (Å²) in [5, 5.41) is 0.558. The van der Waals surface area contributed by atoms with Gasteiger partial charge in [-0.05, 0) is 40.5 Å². The normalized spacial score (nSPS) is 10.3. The summed E-state index contributed by atoms with van der Waals surface area (Å²) in [6.45, 7) is 2.49. The maximum Gasteiger partial charge on any atom is 0.144 e. The smallest absolute Gasteiger partial charge is 0.144 e. The van der Waals surface area contributed by atoms with Crippen molar-refractivity contribution >= 4 is 44.7 Å². The Morgan fingerprint density at radius 1 is 1.30 bits per heavy atom. The molecule has 0 spiro atoms. The van der Waals surface area contributed by atoms with Crippen LogP contribution in [-0.2, 0) is 6.61 Å². The molecule has 0 fully saturated rings. The van der Waals surface area contributed by atoms with Crippen molar-refractivity contribution < 1.29 is 4.74 Å². The van der Waals surface area contributed by atoms with Gasteiger partial charge < -0.3 is 10.5 Å². The van der Waals surface area contributed by atoms with E-state index in [1.54, 1.807) is 12.1 Å². The standard InChI is InChI=1S/C15H13BrClNOS/c1-9-2-4-10(5-3-9)8-19-14-12(15(18)20)6-11(17)7-13(14)16/h2-7H,8H2,1H3,(H2,18,20). The van der Waals surface area contributed by atoms with Crippen LogP contribution < -0.4 is 10.5 Å². The fourth-order valence-corrected chi connectivity index (χ4v) is 2.81. The quantitative estimate of drug-likeness (QED) is 0.797. The third-order valence-corrected chi connectivity index (χ3v) is 3.80. The number of hydrogen-bond acceptors (Lipinski definition) is 2. The molecule has 0 bridgehead atoms. The van der Waals surface area contributed by atoms with Crippen LogP contribution in [0.2, 0.25) is 5.02 Å². The summed E-state index contributed by atoms with van der Waals surface area (Å²) in [5.74, 6) is 0.613. The zero-order valence-corrected chi connectivity index (χ0v) is 14.0. The highest BCUT2D eigenvalue weighted by Crippen LogP contribution is 2.33. The highest BCUT2D eigenvalue weighted by Gasteiger charge is 2.12. The van der Waals surface area contributed by atoms with Gasteiger partial charge >= 0.3 is 0 Å². The van der Waals surface area contributed by atoms with Gasteiger partial charge in [-0.2, -0.15) is 0 Å². The first-order valence-corrected chi connectivity index (χ1v) is 7.52. The van der Waals surface area contributed by atoms with Crippen molar-refractivity contribution in [2.45, 2.75) is 13.5 Å². The van der Waals surface area contributed by atoms with Crippen molar-refractivity contribution in [2.75, 3.05) is 0 Å². The first-order valence-electron chi connectivity index (χ1n) is 5.94. The lowest BCUT2D eigenvalue weighted by atomic mass is 10.1. The van der Waals surface area contributed by atoms with Crippen LogP contribution >= 0.6 is 39.7 Å². The van der Waals surface area contributed by atoms with Crippen molar-refractivity contribution in [1.82, 2.24) is 0 Å². The fraction of sp³-hybridized carbons (Fsp3) is 0.133. The molecule has 0 aromatic heterocycles. The van der Waals surface area contributed by atoms with Gasteiger partial charge in [0.15, 0.2) is 0 Å². The largest absolute Gasteiger partial charge is 0.487 e. The number of ether oxygens (including phenoxy) is 1. The number of rotatable bonds is 4. The van der Waals surface area contributed by atoms with Gasteiger partial charge in [0.25, 0.3) is 0 Å². The van der Waals surface area contributed by atoms with Gasteiger partial charge in [-0.15, -0.1) is 0 Å². The summed E-state index contributed by atoms with van der Waals surface area (Å²) >= 11 is 14.5. The number of nitrogens with two attached hydrogens (primary N) is 1. The van der Waals surface area contributed by atoms with E-state index in [-0.39, 0.29) is 4.99 Å². The van der Waals surface area contributed by atoms with Gasteiger partial charge in [0.2, 0.25) is 0 Å². The van der Waals surface area contributed by atoms with Crippen LogP contribution in [0.5, 0.6) is 5.75 Å². The summed E-state index contributed by atoms with van der Waals surface area (Å²) in [5.41, 5.74) is 8.63. The maximum atomic E-state index is 6.00. The van der Waals surface area contributed by atoms with Crippen molar-refractivity contribution in [2.24, 2.45) is 5.73 Å².